The SMILES string of the molecule is Cc1ccc(S(=O)(=O)NC23C4C5C6(C(N)=O)C7C2C32C4C56C72)cc1-c1cnc2c(N)ncnn12. The Bertz CT molecular complexity index is 1730. The highest BCUT2D eigenvalue weighted by Crippen LogP contribution is 3.29. The molecule has 2 aromatic heterocycles. The molecule has 0 saturated heterocycles. The van der Waals surface area contributed by atoms with Crippen molar-refractivity contribution in [2.24, 2.45) is 57.5 Å². The second kappa shape index (κ2) is 4.13. The zero-order valence-corrected chi connectivity index (χ0v) is 18.7. The molecule has 0 bridgehead atoms. The van der Waals surface area contributed by atoms with Gasteiger partial charge in [-0.3, -0.25) is 4.79 Å². The number of aryl methyl sites for hydroxylation is 1. The largest absolute Gasteiger partial charge is 0.381 e. The van der Waals surface area contributed by atoms with Crippen molar-refractivity contribution in [1.29, 1.82) is 0 Å². The lowest BCUT2D eigenvalue weighted by Gasteiger charge is -2.82. The Morgan fingerprint density at radius 1 is 1.12 bits per heavy atom. The minimum absolute atomic E-state index is 0.130. The van der Waals surface area contributed by atoms with E-state index in [0.717, 1.165) is 11.1 Å². The number of nitrogens with zero attached hydrogens (tertiary/aromatic N) is 4. The van der Waals surface area contributed by atoms with Gasteiger partial charge in [-0.05, 0) is 65.5 Å². The highest BCUT2D eigenvalue weighted by Gasteiger charge is 3.32. The van der Waals surface area contributed by atoms with Crippen molar-refractivity contribution in [3.05, 3.63) is 36.3 Å². The number of nitrogen functional groups attached to an aromatic ring is 1. The Labute approximate surface area is 193 Å². The number of hydrogen-bond donors (Lipinski definition) is 3. The summed E-state index contributed by atoms with van der Waals surface area (Å²) in [4.78, 5) is 20.9. The number of imidazole rings is 1. The van der Waals surface area contributed by atoms with E-state index in [1.807, 2.05) is 13.0 Å². The lowest BCUT2D eigenvalue weighted by Crippen LogP contribution is -2.85. The predicted molar refractivity (Wildman–Crippen MR) is 116 cm³/mol. The number of primary amides is 1. The summed E-state index contributed by atoms with van der Waals surface area (Å²) in [6.45, 7) is 1.92. The quantitative estimate of drug-likeness (QED) is 0.468. The summed E-state index contributed by atoms with van der Waals surface area (Å²) in [7, 11) is -3.76. The Kier molecular flexibility index (Phi) is 2.11. The molecule has 5 N–H and O–H groups in total. The van der Waals surface area contributed by atoms with Crippen LogP contribution >= 0.6 is 0 Å². The number of nitrogens with two attached hydrogens (primary N) is 2. The number of amides is 1. The molecule has 0 aliphatic heterocycles. The van der Waals surface area contributed by atoms with Gasteiger partial charge in [0.1, 0.15) is 6.33 Å². The van der Waals surface area contributed by atoms with Gasteiger partial charge in [-0.1, -0.05) is 6.07 Å². The Balaban J connectivity index is 1.05. The van der Waals surface area contributed by atoms with Gasteiger partial charge >= 0.3 is 0 Å². The standard InChI is InChI=1S/C23H19N7O3S/c1-7-2-3-8(4-9(7)10-5-26-18-17(24)27-6-28-30(10)18)34(32,33)29-23-12-14-20(19(25)31)11-13-21(14,20)15(12)22(13,23)16(11)23/h2-6,11-16,29H,1H3,(H2,25,31)(H2,24,27,28). The van der Waals surface area contributed by atoms with E-state index in [4.69, 9.17) is 11.5 Å². The molecular weight excluding hydrogens is 454 g/mol. The molecule has 3 aromatic rings. The summed E-state index contributed by atoms with van der Waals surface area (Å²) in [5, 5.41) is 4.25. The average molecular weight is 474 g/mol. The monoisotopic (exact) mass is 473 g/mol. The lowest BCUT2D eigenvalue weighted by molar-refractivity contribution is -0.365. The number of rotatable bonds is 5. The van der Waals surface area contributed by atoms with Crippen LogP contribution in [0.1, 0.15) is 5.56 Å². The molecule has 170 valence electrons. The molecule has 1 amide bonds. The molecule has 7 aliphatic carbocycles. The molecular formula is C23H19N7O3S. The first-order valence-corrected chi connectivity index (χ1v) is 13.1. The molecule has 10 rings (SSSR count). The highest BCUT2D eigenvalue weighted by molar-refractivity contribution is 7.89. The number of hydrogen-bond acceptors (Lipinski definition) is 7. The van der Waals surface area contributed by atoms with Gasteiger partial charge in [0.05, 0.1) is 22.2 Å². The minimum Gasteiger partial charge on any atom is -0.381 e. The lowest BCUT2D eigenvalue weighted by atomic mass is 9.20. The van der Waals surface area contributed by atoms with E-state index in [2.05, 4.69) is 19.8 Å². The molecule has 10 atom stereocenters. The van der Waals surface area contributed by atoms with Crippen molar-refractivity contribution < 1.29 is 13.2 Å². The zero-order valence-electron chi connectivity index (χ0n) is 17.9. The fourth-order valence-corrected chi connectivity index (χ4v) is 13.0. The van der Waals surface area contributed by atoms with Crippen molar-refractivity contribution in [3.8, 4) is 11.3 Å². The molecule has 7 fully saturated rings. The number of fused-ring (bicyclic) bond motifs is 7. The van der Waals surface area contributed by atoms with E-state index in [-0.39, 0.29) is 44.3 Å². The van der Waals surface area contributed by atoms with Crippen LogP contribution in [0.15, 0.2) is 35.6 Å². The Hall–Kier alpha value is -3.05. The molecule has 34 heavy (non-hydrogen) atoms. The Morgan fingerprint density at radius 2 is 1.91 bits per heavy atom. The molecule has 7 saturated carbocycles. The third kappa shape index (κ3) is 1.08. The van der Waals surface area contributed by atoms with Crippen LogP contribution in [0.3, 0.4) is 0 Å². The van der Waals surface area contributed by atoms with Crippen LogP contribution in [0.25, 0.3) is 16.9 Å². The van der Waals surface area contributed by atoms with Gasteiger partial charge in [0.15, 0.2) is 11.5 Å². The molecule has 7 aliphatic rings. The van der Waals surface area contributed by atoms with Gasteiger partial charge in [0.25, 0.3) is 0 Å². The third-order valence-corrected chi connectivity index (χ3v) is 13.1. The maximum Gasteiger partial charge on any atom is 0.241 e. The van der Waals surface area contributed by atoms with Crippen molar-refractivity contribution in [2.75, 3.05) is 5.73 Å². The van der Waals surface area contributed by atoms with Crippen molar-refractivity contribution in [2.45, 2.75) is 17.4 Å². The minimum atomic E-state index is -3.76. The van der Waals surface area contributed by atoms with Gasteiger partial charge in [-0.15, -0.1) is 0 Å². The fourth-order valence-electron chi connectivity index (χ4n) is 11.5. The average Bonchev–Trinajstić information content (AvgIpc) is 3.49. The fraction of sp³-hybridized carbons (Fsp3) is 0.478. The van der Waals surface area contributed by atoms with Crippen LogP contribution < -0.4 is 16.2 Å². The number of carbonyl (C=O) groups is 1. The van der Waals surface area contributed by atoms with E-state index < -0.39 is 10.0 Å². The van der Waals surface area contributed by atoms with Crippen LogP contribution in [-0.2, 0) is 14.8 Å². The first-order valence-electron chi connectivity index (χ1n) is 11.6. The van der Waals surface area contributed by atoms with Gasteiger partial charge in [-0.25, -0.2) is 27.6 Å². The molecule has 2 spiro atoms. The number of carbonyl (C=O) groups excluding carboxylic acids is 1. The smallest absolute Gasteiger partial charge is 0.241 e. The van der Waals surface area contributed by atoms with Crippen LogP contribution in [-0.4, -0.2) is 39.4 Å². The number of aromatic nitrogens is 4. The molecule has 1 aromatic carbocycles. The first-order chi connectivity index (χ1) is 16.2. The van der Waals surface area contributed by atoms with Gasteiger partial charge in [0.2, 0.25) is 15.9 Å². The maximum absolute atomic E-state index is 13.7. The van der Waals surface area contributed by atoms with Crippen LogP contribution in [0.5, 0.6) is 0 Å². The van der Waals surface area contributed by atoms with Crippen molar-refractivity contribution in [3.63, 3.8) is 0 Å². The number of anilines is 1. The second-order valence-corrected chi connectivity index (χ2v) is 13.2. The van der Waals surface area contributed by atoms with E-state index in [9.17, 15) is 13.2 Å². The number of benzene rings is 1. The third-order valence-electron chi connectivity index (χ3n) is 11.7. The first kappa shape index (κ1) is 17.4. The summed E-state index contributed by atoms with van der Waals surface area (Å²) in [5.74, 6) is 2.39. The summed E-state index contributed by atoms with van der Waals surface area (Å²) in [5.41, 5.74) is 14.2. The topological polar surface area (TPSA) is 158 Å². The van der Waals surface area contributed by atoms with E-state index in [1.54, 1.807) is 22.8 Å². The second-order valence-electron chi connectivity index (χ2n) is 11.5. The van der Waals surface area contributed by atoms with Gasteiger partial charge in [0, 0.05) is 16.5 Å². The highest BCUT2D eigenvalue weighted by atomic mass is 32.2. The molecule has 2 heterocycles. The maximum atomic E-state index is 13.7. The molecule has 11 heteroatoms. The van der Waals surface area contributed by atoms with Gasteiger partial charge in [-0.2, -0.15) is 5.10 Å². The summed E-state index contributed by atoms with van der Waals surface area (Å²) in [6.07, 6.45) is 2.99. The summed E-state index contributed by atoms with van der Waals surface area (Å²) < 4.78 is 32.1. The molecule has 0 radical (unpaired) electrons. The van der Waals surface area contributed by atoms with Crippen LogP contribution in [0, 0.1) is 58.7 Å². The van der Waals surface area contributed by atoms with Crippen molar-refractivity contribution in [1.82, 2.24) is 24.3 Å². The van der Waals surface area contributed by atoms with E-state index in [1.165, 1.54) is 6.33 Å². The number of sulfonamides is 1. The van der Waals surface area contributed by atoms with E-state index >= 15 is 0 Å². The van der Waals surface area contributed by atoms with E-state index in [0.29, 0.717) is 40.9 Å². The summed E-state index contributed by atoms with van der Waals surface area (Å²) in [6, 6.07) is 5.15. The Morgan fingerprint density at radius 3 is 2.68 bits per heavy atom. The zero-order chi connectivity index (χ0) is 22.9. The summed E-state index contributed by atoms with van der Waals surface area (Å²) >= 11 is 0. The number of nitrogens with one attached hydrogen (secondary N) is 1. The van der Waals surface area contributed by atoms with Crippen molar-refractivity contribution >= 4 is 27.4 Å². The van der Waals surface area contributed by atoms with Gasteiger partial charge < -0.3 is 11.5 Å². The van der Waals surface area contributed by atoms with Crippen LogP contribution in [0.4, 0.5) is 5.82 Å². The molecule has 10 unspecified atom stereocenters. The normalized spacial score (nSPS) is 49.9. The van der Waals surface area contributed by atoms with Crippen LogP contribution in [0.2, 0.25) is 0 Å². The molecule has 10 nitrogen and oxygen atoms in total. The predicted octanol–water partition coefficient (Wildman–Crippen LogP) is -0.0641.